The zero-order valence-corrected chi connectivity index (χ0v) is 15.1. The average molecular weight is 353 g/mol. The molecule has 1 saturated heterocycles. The van der Waals surface area contributed by atoms with E-state index in [-0.39, 0.29) is 6.04 Å². The second kappa shape index (κ2) is 7.39. The van der Waals surface area contributed by atoms with E-state index in [4.69, 9.17) is 8.94 Å². The Hall–Kier alpha value is -2.51. The molecule has 1 aromatic carbocycles. The molecule has 0 spiro atoms. The molecule has 0 amide bonds. The molecule has 3 heterocycles. The molecule has 2 aromatic heterocycles. The number of piperazine rings is 1. The van der Waals surface area contributed by atoms with Crippen molar-refractivity contribution in [3.05, 3.63) is 53.6 Å². The fraction of sp³-hybridized carbons (Fsp3) is 0.421. The smallest absolute Gasteiger partial charge is 0.227 e. The van der Waals surface area contributed by atoms with Crippen molar-refractivity contribution in [1.82, 2.24) is 25.3 Å². The molecular weight excluding hydrogens is 330 g/mol. The van der Waals surface area contributed by atoms with Crippen molar-refractivity contribution in [2.75, 3.05) is 26.7 Å². The zero-order valence-electron chi connectivity index (χ0n) is 15.1. The Labute approximate surface area is 152 Å². The minimum atomic E-state index is 0.162. The third-order valence-corrected chi connectivity index (χ3v) is 4.72. The fourth-order valence-corrected chi connectivity index (χ4v) is 3.23. The van der Waals surface area contributed by atoms with Crippen LogP contribution in [0.5, 0.6) is 0 Å². The first kappa shape index (κ1) is 16.9. The maximum absolute atomic E-state index is 5.94. The van der Waals surface area contributed by atoms with Gasteiger partial charge in [-0.05, 0) is 14.0 Å². The van der Waals surface area contributed by atoms with E-state index in [0.717, 1.165) is 42.5 Å². The van der Waals surface area contributed by atoms with Gasteiger partial charge in [-0.3, -0.25) is 4.90 Å². The van der Waals surface area contributed by atoms with Gasteiger partial charge in [0.05, 0.1) is 11.7 Å². The highest BCUT2D eigenvalue weighted by molar-refractivity contribution is 5.59. The molecule has 136 valence electrons. The van der Waals surface area contributed by atoms with Crippen molar-refractivity contribution in [1.29, 1.82) is 0 Å². The van der Waals surface area contributed by atoms with Crippen LogP contribution in [0.4, 0.5) is 0 Å². The molecule has 4 rings (SSSR count). The monoisotopic (exact) mass is 353 g/mol. The minimum absolute atomic E-state index is 0.162. The van der Waals surface area contributed by atoms with Gasteiger partial charge in [0.15, 0.2) is 17.5 Å². The van der Waals surface area contributed by atoms with Gasteiger partial charge in [0.1, 0.15) is 0 Å². The predicted octanol–water partition coefficient (Wildman–Crippen LogP) is 2.39. The summed E-state index contributed by atoms with van der Waals surface area (Å²) in [5, 5.41) is 7.52. The molecule has 26 heavy (non-hydrogen) atoms. The second-order valence-electron chi connectivity index (χ2n) is 6.64. The Bertz CT molecular complexity index is 858. The summed E-state index contributed by atoms with van der Waals surface area (Å²) in [5.41, 5.74) is 1.93. The summed E-state index contributed by atoms with van der Waals surface area (Å²) in [6.45, 7) is 4.78. The first-order valence-electron chi connectivity index (χ1n) is 8.96. The number of oxazole rings is 1. The molecule has 0 bridgehead atoms. The Morgan fingerprint density at radius 3 is 2.77 bits per heavy atom. The largest absolute Gasteiger partial charge is 0.440 e. The molecule has 1 unspecified atom stereocenters. The molecule has 3 aromatic rings. The number of hydrogen-bond donors (Lipinski definition) is 1. The summed E-state index contributed by atoms with van der Waals surface area (Å²) in [6, 6.07) is 10.2. The van der Waals surface area contributed by atoms with E-state index in [9.17, 15) is 0 Å². The van der Waals surface area contributed by atoms with Crippen LogP contribution < -0.4 is 5.32 Å². The maximum atomic E-state index is 5.94. The fourth-order valence-electron chi connectivity index (χ4n) is 3.23. The quantitative estimate of drug-likeness (QED) is 0.754. The first-order chi connectivity index (χ1) is 12.7. The number of aryl methyl sites for hydroxylation is 3. The summed E-state index contributed by atoms with van der Waals surface area (Å²) < 4.78 is 11.4. The van der Waals surface area contributed by atoms with Crippen LogP contribution in [0.3, 0.4) is 0 Å². The van der Waals surface area contributed by atoms with E-state index < -0.39 is 0 Å². The van der Waals surface area contributed by atoms with Crippen molar-refractivity contribution >= 4 is 0 Å². The Morgan fingerprint density at radius 1 is 1.15 bits per heavy atom. The minimum Gasteiger partial charge on any atom is -0.440 e. The lowest BCUT2D eigenvalue weighted by molar-refractivity contribution is 0.190. The highest BCUT2D eigenvalue weighted by atomic mass is 16.5. The van der Waals surface area contributed by atoms with Crippen LogP contribution in [-0.4, -0.2) is 46.7 Å². The molecule has 0 aliphatic carbocycles. The molecule has 1 fully saturated rings. The van der Waals surface area contributed by atoms with Gasteiger partial charge in [0.2, 0.25) is 5.89 Å². The van der Waals surface area contributed by atoms with Crippen LogP contribution in [0.1, 0.15) is 29.3 Å². The number of hydrogen-bond acceptors (Lipinski definition) is 7. The van der Waals surface area contributed by atoms with Gasteiger partial charge in [0, 0.05) is 38.0 Å². The van der Waals surface area contributed by atoms with E-state index in [1.54, 1.807) is 0 Å². The lowest BCUT2D eigenvalue weighted by Crippen LogP contribution is -2.44. The van der Waals surface area contributed by atoms with Gasteiger partial charge >= 0.3 is 0 Å². The lowest BCUT2D eigenvalue weighted by Gasteiger charge is -2.30. The summed E-state index contributed by atoms with van der Waals surface area (Å²) in [6.07, 6.45) is 1.25. The summed E-state index contributed by atoms with van der Waals surface area (Å²) in [4.78, 5) is 11.3. The molecule has 7 nitrogen and oxygen atoms in total. The Morgan fingerprint density at radius 2 is 1.96 bits per heavy atom. The average Bonchev–Trinajstić information content (AvgIpc) is 3.28. The van der Waals surface area contributed by atoms with Gasteiger partial charge in [-0.2, -0.15) is 4.98 Å². The predicted molar refractivity (Wildman–Crippen MR) is 96.6 cm³/mol. The SMILES string of the molecule is Cc1nc(CCc2nc(C3CNCCN3C)no2)oc1-c1ccccc1. The molecule has 0 radical (unpaired) electrons. The van der Waals surface area contributed by atoms with E-state index in [0.29, 0.717) is 24.6 Å². The van der Waals surface area contributed by atoms with E-state index >= 15 is 0 Å². The Kier molecular flexibility index (Phi) is 4.81. The molecule has 1 aliphatic rings. The summed E-state index contributed by atoms with van der Waals surface area (Å²) >= 11 is 0. The van der Waals surface area contributed by atoms with Crippen molar-refractivity contribution in [2.45, 2.75) is 25.8 Å². The van der Waals surface area contributed by atoms with Crippen LogP contribution in [0.2, 0.25) is 0 Å². The highest BCUT2D eigenvalue weighted by Gasteiger charge is 2.25. The lowest BCUT2D eigenvalue weighted by atomic mass is 10.1. The van der Waals surface area contributed by atoms with Gasteiger partial charge in [0.25, 0.3) is 0 Å². The van der Waals surface area contributed by atoms with Crippen molar-refractivity contribution < 1.29 is 8.94 Å². The maximum Gasteiger partial charge on any atom is 0.227 e. The molecule has 7 heteroatoms. The Balaban J connectivity index is 1.42. The normalized spacial score (nSPS) is 18.3. The highest BCUT2D eigenvalue weighted by Crippen LogP contribution is 2.25. The van der Waals surface area contributed by atoms with Gasteiger partial charge in [-0.15, -0.1) is 0 Å². The molecular formula is C19H23N5O2. The van der Waals surface area contributed by atoms with Gasteiger partial charge < -0.3 is 14.3 Å². The van der Waals surface area contributed by atoms with Gasteiger partial charge in [-0.25, -0.2) is 4.98 Å². The first-order valence-corrected chi connectivity index (χ1v) is 8.96. The topological polar surface area (TPSA) is 80.2 Å². The number of nitrogens with zero attached hydrogens (tertiary/aromatic N) is 4. The third-order valence-electron chi connectivity index (χ3n) is 4.72. The number of aromatic nitrogens is 3. The van der Waals surface area contributed by atoms with E-state index in [1.165, 1.54) is 0 Å². The van der Waals surface area contributed by atoms with E-state index in [2.05, 4.69) is 32.4 Å². The van der Waals surface area contributed by atoms with Crippen molar-refractivity contribution in [2.24, 2.45) is 0 Å². The van der Waals surface area contributed by atoms with Crippen LogP contribution in [0.25, 0.3) is 11.3 Å². The second-order valence-corrected chi connectivity index (χ2v) is 6.64. The summed E-state index contributed by atoms with van der Waals surface area (Å²) in [5.74, 6) is 2.87. The molecule has 1 N–H and O–H groups in total. The molecule has 0 saturated carbocycles. The zero-order chi connectivity index (χ0) is 17.9. The van der Waals surface area contributed by atoms with Crippen molar-refractivity contribution in [3.63, 3.8) is 0 Å². The van der Waals surface area contributed by atoms with E-state index in [1.807, 2.05) is 37.3 Å². The third kappa shape index (κ3) is 3.54. The van der Waals surface area contributed by atoms with Crippen LogP contribution in [-0.2, 0) is 12.8 Å². The number of rotatable bonds is 5. The standard InChI is InChI=1S/C19H23N5O2/c1-13-18(14-6-4-3-5-7-14)25-16(21-13)8-9-17-22-19(23-26-17)15-12-20-10-11-24(15)2/h3-7,15,20H,8-12H2,1-2H3. The van der Waals surface area contributed by atoms with Crippen LogP contribution in [0, 0.1) is 6.92 Å². The van der Waals surface area contributed by atoms with Crippen LogP contribution in [0.15, 0.2) is 39.3 Å². The summed E-state index contributed by atoms with van der Waals surface area (Å²) in [7, 11) is 2.09. The molecule has 1 aliphatic heterocycles. The van der Waals surface area contributed by atoms with Crippen LogP contribution >= 0.6 is 0 Å². The van der Waals surface area contributed by atoms with Gasteiger partial charge in [-0.1, -0.05) is 35.5 Å². The molecule has 1 atom stereocenters. The van der Waals surface area contributed by atoms with Crippen molar-refractivity contribution in [3.8, 4) is 11.3 Å². The number of benzene rings is 1. The number of likely N-dealkylation sites (N-methyl/N-ethyl adjacent to an activating group) is 1. The number of nitrogens with one attached hydrogen (secondary N) is 1.